The van der Waals surface area contributed by atoms with E-state index in [1.165, 1.54) is 12.1 Å². The molecular formula is C27H26F6N2O3. The number of nitrogens with one attached hydrogen (secondary N) is 2. The number of hydrogen-bond acceptors (Lipinski definition) is 3. The van der Waals surface area contributed by atoms with E-state index >= 15 is 0 Å². The van der Waals surface area contributed by atoms with E-state index in [-0.39, 0.29) is 41.5 Å². The van der Waals surface area contributed by atoms with Crippen LogP contribution in [0.15, 0.2) is 54.1 Å². The summed E-state index contributed by atoms with van der Waals surface area (Å²) in [6.07, 6.45) is -9.89. The van der Waals surface area contributed by atoms with Gasteiger partial charge in [0, 0.05) is 18.9 Å². The third-order valence-corrected chi connectivity index (χ3v) is 6.54. The number of ether oxygens (including phenoxy) is 1. The van der Waals surface area contributed by atoms with Crippen LogP contribution >= 0.6 is 0 Å². The molecule has 0 aromatic heterocycles. The maximum atomic E-state index is 14.7. The fourth-order valence-electron chi connectivity index (χ4n) is 4.32. The van der Waals surface area contributed by atoms with Crippen LogP contribution in [0.5, 0.6) is 5.75 Å². The first-order valence-electron chi connectivity index (χ1n) is 12.1. The highest BCUT2D eigenvalue weighted by molar-refractivity contribution is 6.25. The molecule has 2 N–H and O–H groups in total. The molecule has 1 aliphatic carbocycles. The highest BCUT2D eigenvalue weighted by atomic mass is 19.4. The summed E-state index contributed by atoms with van der Waals surface area (Å²) >= 11 is 0. The van der Waals surface area contributed by atoms with Gasteiger partial charge in [-0.1, -0.05) is 42.0 Å². The number of carbonyl (C=O) groups is 2. The van der Waals surface area contributed by atoms with Crippen LogP contribution in [0, 0.1) is 6.92 Å². The van der Waals surface area contributed by atoms with E-state index in [0.717, 1.165) is 30.5 Å². The van der Waals surface area contributed by atoms with Gasteiger partial charge in [0.25, 0.3) is 11.8 Å². The van der Waals surface area contributed by atoms with Gasteiger partial charge in [0.05, 0.1) is 6.61 Å². The summed E-state index contributed by atoms with van der Waals surface area (Å²) in [5.41, 5.74) is -2.35. The molecule has 0 bridgehead atoms. The second kappa shape index (κ2) is 10.3. The molecule has 2 aromatic rings. The minimum atomic E-state index is -4.95. The molecule has 1 fully saturated rings. The Balaban J connectivity index is 1.68. The van der Waals surface area contributed by atoms with Gasteiger partial charge in [-0.2, -0.15) is 26.3 Å². The molecule has 0 unspecified atom stereocenters. The number of aryl methyl sites for hydroxylation is 1. The van der Waals surface area contributed by atoms with Crippen LogP contribution in [-0.2, 0) is 15.1 Å². The first-order chi connectivity index (χ1) is 17.8. The third-order valence-electron chi connectivity index (χ3n) is 6.54. The Labute approximate surface area is 215 Å². The quantitative estimate of drug-likeness (QED) is 0.256. The van der Waals surface area contributed by atoms with Crippen molar-refractivity contribution in [3.63, 3.8) is 0 Å². The molecule has 1 aliphatic heterocycles. The van der Waals surface area contributed by atoms with Crippen LogP contribution in [0.4, 0.5) is 26.3 Å². The van der Waals surface area contributed by atoms with Crippen molar-refractivity contribution in [1.29, 1.82) is 0 Å². The summed E-state index contributed by atoms with van der Waals surface area (Å²) in [5.74, 6) is -1.78. The van der Waals surface area contributed by atoms with Gasteiger partial charge in [-0.05, 0) is 55.0 Å². The normalized spacial score (nSPS) is 20.2. The molecule has 1 saturated carbocycles. The van der Waals surface area contributed by atoms with E-state index in [4.69, 9.17) is 4.74 Å². The second-order valence-corrected chi connectivity index (χ2v) is 9.59. The Kier molecular flexibility index (Phi) is 7.49. The molecular weight excluding hydrogens is 514 g/mol. The van der Waals surface area contributed by atoms with E-state index in [9.17, 15) is 35.9 Å². The molecule has 1 heterocycles. The first kappa shape index (κ1) is 27.5. The van der Waals surface area contributed by atoms with E-state index in [1.54, 1.807) is 31.2 Å². The van der Waals surface area contributed by atoms with Crippen LogP contribution in [0.25, 0.3) is 5.57 Å². The Bertz CT molecular complexity index is 1220. The fourth-order valence-corrected chi connectivity index (χ4v) is 4.32. The molecule has 0 radical (unpaired) electrons. The Morgan fingerprint density at radius 2 is 1.66 bits per heavy atom. The van der Waals surface area contributed by atoms with Crippen molar-refractivity contribution in [3.05, 3.63) is 70.8 Å². The monoisotopic (exact) mass is 540 g/mol. The summed E-state index contributed by atoms with van der Waals surface area (Å²) in [7, 11) is 0. The summed E-state index contributed by atoms with van der Waals surface area (Å²) in [6, 6.07) is 11.1. The van der Waals surface area contributed by atoms with Gasteiger partial charge in [-0.3, -0.25) is 9.59 Å². The van der Waals surface area contributed by atoms with Crippen molar-refractivity contribution in [2.24, 2.45) is 0 Å². The van der Waals surface area contributed by atoms with Gasteiger partial charge in [0.15, 0.2) is 5.54 Å². The number of rotatable bonds is 8. The molecule has 2 amide bonds. The van der Waals surface area contributed by atoms with Gasteiger partial charge in [0.2, 0.25) is 0 Å². The van der Waals surface area contributed by atoms with Crippen LogP contribution in [0.1, 0.15) is 48.8 Å². The maximum absolute atomic E-state index is 14.7. The molecule has 204 valence electrons. The maximum Gasteiger partial charge on any atom is 0.416 e. The molecule has 2 aliphatic rings. The third kappa shape index (κ3) is 6.14. The Morgan fingerprint density at radius 1 is 1.03 bits per heavy atom. The molecule has 0 spiro atoms. The smallest absolute Gasteiger partial charge is 0.416 e. The molecule has 38 heavy (non-hydrogen) atoms. The Morgan fingerprint density at radius 3 is 2.21 bits per heavy atom. The number of carbonyl (C=O) groups excluding carboxylic acids is 2. The predicted octanol–water partition coefficient (Wildman–Crippen LogP) is 5.73. The lowest BCUT2D eigenvalue weighted by Crippen LogP contribution is -2.59. The number of amides is 2. The van der Waals surface area contributed by atoms with Crippen molar-refractivity contribution in [3.8, 4) is 5.75 Å². The summed E-state index contributed by atoms with van der Waals surface area (Å²) < 4.78 is 86.4. The molecule has 4 rings (SSSR count). The summed E-state index contributed by atoms with van der Waals surface area (Å²) in [6.45, 7) is 1.54. The fraction of sp³-hybridized carbons (Fsp3) is 0.407. The van der Waals surface area contributed by atoms with Crippen molar-refractivity contribution in [2.45, 2.75) is 63.0 Å². The van der Waals surface area contributed by atoms with Crippen molar-refractivity contribution >= 4 is 17.4 Å². The molecule has 0 saturated heterocycles. The SMILES string of the molecule is Cc1ccc(C2=C(C(=O)NC3CC3)C(=O)N[C@@](c3ccc(OCCCC(F)(F)F)cc3)(C(F)(F)F)C2)cc1. The Hall–Kier alpha value is -3.50. The highest BCUT2D eigenvalue weighted by Gasteiger charge is 2.60. The zero-order valence-corrected chi connectivity index (χ0v) is 20.4. The van der Waals surface area contributed by atoms with Gasteiger partial charge < -0.3 is 15.4 Å². The summed E-state index contributed by atoms with van der Waals surface area (Å²) in [5, 5.41) is 4.75. The molecule has 1 atom stereocenters. The zero-order valence-electron chi connectivity index (χ0n) is 20.4. The standard InChI is InChI=1S/C27H26F6N2O3/c1-16-3-5-17(6-4-16)21-15-25(27(31,32)33,35-24(37)22(21)23(36)34-19-9-10-19)18-7-11-20(12-8-18)38-14-2-13-26(28,29)30/h3-8,11-12,19H,2,9-10,13-15H2,1H3,(H,34,36)(H,35,37)/t25-/m0/s1. The number of hydrogen-bond donors (Lipinski definition) is 2. The minimum Gasteiger partial charge on any atom is -0.494 e. The molecule has 11 heteroatoms. The molecule has 2 aromatic carbocycles. The van der Waals surface area contributed by atoms with Gasteiger partial charge in [-0.25, -0.2) is 0 Å². The van der Waals surface area contributed by atoms with E-state index < -0.39 is 42.5 Å². The lowest BCUT2D eigenvalue weighted by molar-refractivity contribution is -0.202. The van der Waals surface area contributed by atoms with Crippen LogP contribution in [0.2, 0.25) is 0 Å². The van der Waals surface area contributed by atoms with Gasteiger partial charge in [0.1, 0.15) is 11.3 Å². The second-order valence-electron chi connectivity index (χ2n) is 9.59. The van der Waals surface area contributed by atoms with E-state index in [0.29, 0.717) is 5.56 Å². The molecule has 5 nitrogen and oxygen atoms in total. The number of alkyl halides is 6. The van der Waals surface area contributed by atoms with Crippen LogP contribution in [0.3, 0.4) is 0 Å². The van der Waals surface area contributed by atoms with Crippen molar-refractivity contribution < 1.29 is 40.7 Å². The number of halogens is 6. The summed E-state index contributed by atoms with van der Waals surface area (Å²) in [4.78, 5) is 26.1. The number of benzene rings is 2. The zero-order chi connectivity index (χ0) is 27.7. The largest absolute Gasteiger partial charge is 0.494 e. The minimum absolute atomic E-state index is 0.0308. The van der Waals surface area contributed by atoms with Crippen molar-refractivity contribution in [2.75, 3.05) is 6.61 Å². The van der Waals surface area contributed by atoms with Gasteiger partial charge in [-0.15, -0.1) is 0 Å². The van der Waals surface area contributed by atoms with E-state index in [2.05, 4.69) is 10.6 Å². The first-order valence-corrected chi connectivity index (χ1v) is 12.1. The van der Waals surface area contributed by atoms with Crippen LogP contribution < -0.4 is 15.4 Å². The lowest BCUT2D eigenvalue weighted by Gasteiger charge is -2.41. The van der Waals surface area contributed by atoms with Gasteiger partial charge >= 0.3 is 12.4 Å². The predicted molar refractivity (Wildman–Crippen MR) is 127 cm³/mol. The lowest BCUT2D eigenvalue weighted by atomic mass is 9.76. The van der Waals surface area contributed by atoms with Crippen molar-refractivity contribution in [1.82, 2.24) is 10.6 Å². The average molecular weight is 541 g/mol. The van der Waals surface area contributed by atoms with Crippen LogP contribution in [-0.4, -0.2) is 36.8 Å². The average Bonchev–Trinajstić information content (AvgIpc) is 3.64. The highest BCUT2D eigenvalue weighted by Crippen LogP contribution is 2.48. The van der Waals surface area contributed by atoms with E-state index in [1.807, 2.05) is 0 Å². The topological polar surface area (TPSA) is 67.4 Å².